The van der Waals surface area contributed by atoms with Crippen molar-refractivity contribution in [2.24, 2.45) is 5.41 Å². The second kappa shape index (κ2) is 6.33. The van der Waals surface area contributed by atoms with E-state index in [4.69, 9.17) is 0 Å². The van der Waals surface area contributed by atoms with E-state index in [0.717, 1.165) is 6.07 Å². The average Bonchev–Trinajstić information content (AvgIpc) is 2.48. The highest BCUT2D eigenvalue weighted by molar-refractivity contribution is 5.94. The maximum atomic E-state index is 13.8. The van der Waals surface area contributed by atoms with E-state index in [1.54, 1.807) is 6.92 Å². The van der Waals surface area contributed by atoms with Crippen LogP contribution in [0.5, 0.6) is 0 Å². The minimum absolute atomic E-state index is 0.237. The van der Waals surface area contributed by atoms with Gasteiger partial charge in [0.2, 0.25) is 0 Å². The molecule has 1 aromatic carbocycles. The predicted molar refractivity (Wildman–Crippen MR) is 79.8 cm³/mol. The Hall–Kier alpha value is -1.66. The molecule has 1 saturated carbocycles. The van der Waals surface area contributed by atoms with Crippen molar-refractivity contribution in [3.05, 3.63) is 35.1 Å². The van der Waals surface area contributed by atoms with E-state index in [-0.39, 0.29) is 17.5 Å². The Kier molecular flexibility index (Phi) is 4.93. The van der Waals surface area contributed by atoms with Crippen LogP contribution in [0.15, 0.2) is 18.2 Å². The van der Waals surface area contributed by atoms with Gasteiger partial charge < -0.3 is 5.32 Å². The van der Waals surface area contributed by atoms with Crippen molar-refractivity contribution in [2.75, 3.05) is 6.54 Å². The van der Waals surface area contributed by atoms with Crippen molar-refractivity contribution in [3.8, 4) is 0 Å². The first-order valence-corrected chi connectivity index (χ1v) is 7.76. The summed E-state index contributed by atoms with van der Waals surface area (Å²) in [6.07, 6.45) is -2.93. The highest BCUT2D eigenvalue weighted by Gasteiger charge is 2.38. The van der Waals surface area contributed by atoms with E-state index in [2.05, 4.69) is 5.32 Å². The molecule has 1 aromatic rings. The van der Waals surface area contributed by atoms with Crippen LogP contribution in [-0.2, 0) is 6.18 Å². The molecule has 1 amide bonds. The summed E-state index contributed by atoms with van der Waals surface area (Å²) >= 11 is 0. The van der Waals surface area contributed by atoms with Gasteiger partial charge in [-0.3, -0.25) is 4.79 Å². The van der Waals surface area contributed by atoms with Crippen molar-refractivity contribution in [1.82, 2.24) is 5.32 Å². The summed E-state index contributed by atoms with van der Waals surface area (Å²) < 4.78 is 65.2. The monoisotopic (exact) mass is 349 g/mol. The Balaban J connectivity index is 2.03. The van der Waals surface area contributed by atoms with E-state index < -0.39 is 29.1 Å². The average molecular weight is 349 g/mol. The highest BCUT2D eigenvalue weighted by Crippen LogP contribution is 2.42. The maximum Gasteiger partial charge on any atom is 0.419 e. The number of hydrogen-bond acceptors (Lipinski definition) is 1. The summed E-state index contributed by atoms with van der Waals surface area (Å²) in [7, 11) is 0. The van der Waals surface area contributed by atoms with E-state index in [9.17, 15) is 26.7 Å². The molecule has 1 N–H and O–H groups in total. The predicted octanol–water partition coefficient (Wildman–Crippen LogP) is 4.88. The van der Waals surface area contributed by atoms with E-state index in [1.165, 1.54) is 0 Å². The lowest BCUT2D eigenvalue weighted by atomic mass is 9.71. The van der Waals surface area contributed by atoms with Crippen LogP contribution in [0, 0.1) is 11.2 Å². The molecule has 24 heavy (non-hydrogen) atoms. The number of carbonyl (C=O) groups excluding carboxylic acids is 1. The Morgan fingerprint density at radius 3 is 2.29 bits per heavy atom. The molecule has 134 valence electrons. The van der Waals surface area contributed by atoms with E-state index in [0.29, 0.717) is 37.8 Å². The number of carbonyl (C=O) groups is 1. The van der Waals surface area contributed by atoms with Crippen LogP contribution in [0.2, 0.25) is 0 Å². The number of amides is 1. The Labute approximate surface area is 137 Å². The number of rotatable bonds is 3. The number of halogens is 5. The number of benzene rings is 1. The van der Waals surface area contributed by atoms with Gasteiger partial charge in [0.1, 0.15) is 11.5 Å². The molecular formula is C17H20F5NO. The Bertz CT molecular complexity index is 614. The minimum atomic E-state index is -4.86. The summed E-state index contributed by atoms with van der Waals surface area (Å²) in [5.41, 5.74) is -3.22. The number of alkyl halides is 4. The van der Waals surface area contributed by atoms with Gasteiger partial charge in [0, 0.05) is 12.1 Å². The zero-order valence-corrected chi connectivity index (χ0v) is 13.6. The smallest absolute Gasteiger partial charge is 0.351 e. The van der Waals surface area contributed by atoms with Crippen molar-refractivity contribution in [3.63, 3.8) is 0 Å². The van der Waals surface area contributed by atoms with Crippen LogP contribution in [0.4, 0.5) is 22.0 Å². The van der Waals surface area contributed by atoms with Crippen LogP contribution in [0.3, 0.4) is 0 Å². The highest BCUT2D eigenvalue weighted by atomic mass is 19.4. The van der Waals surface area contributed by atoms with E-state index in [1.807, 2.05) is 6.92 Å². The van der Waals surface area contributed by atoms with Crippen molar-refractivity contribution in [1.29, 1.82) is 0 Å². The summed E-state index contributed by atoms with van der Waals surface area (Å²) in [6, 6.07) is 2.16. The molecule has 1 fully saturated rings. The summed E-state index contributed by atoms with van der Waals surface area (Å²) in [4.78, 5) is 12.1. The fourth-order valence-corrected chi connectivity index (χ4v) is 2.83. The lowest BCUT2D eigenvalue weighted by Crippen LogP contribution is -2.41. The minimum Gasteiger partial charge on any atom is -0.351 e. The van der Waals surface area contributed by atoms with Crippen LogP contribution in [0.1, 0.15) is 55.5 Å². The molecule has 1 aliphatic rings. The van der Waals surface area contributed by atoms with Gasteiger partial charge in [-0.1, -0.05) is 6.92 Å². The fourth-order valence-electron chi connectivity index (χ4n) is 2.83. The zero-order chi connectivity index (χ0) is 18.2. The third-order valence-corrected chi connectivity index (χ3v) is 4.71. The normalized spacial score (nSPS) is 27.8. The fraction of sp³-hybridized carbons (Fsp3) is 0.588. The van der Waals surface area contributed by atoms with Crippen molar-refractivity contribution < 1.29 is 26.7 Å². The van der Waals surface area contributed by atoms with Crippen LogP contribution >= 0.6 is 0 Å². The molecule has 0 aromatic heterocycles. The number of nitrogens with one attached hydrogen (secondary N) is 1. The molecule has 0 spiro atoms. The largest absolute Gasteiger partial charge is 0.419 e. The van der Waals surface area contributed by atoms with Gasteiger partial charge in [-0.2, -0.15) is 13.2 Å². The first-order valence-electron chi connectivity index (χ1n) is 7.76. The van der Waals surface area contributed by atoms with Gasteiger partial charge in [-0.15, -0.1) is 0 Å². The van der Waals surface area contributed by atoms with Crippen LogP contribution in [0.25, 0.3) is 0 Å². The molecule has 0 saturated heterocycles. The molecule has 1 aliphatic carbocycles. The summed E-state index contributed by atoms with van der Waals surface area (Å²) in [6.45, 7) is 3.69. The Morgan fingerprint density at radius 1 is 1.17 bits per heavy atom. The van der Waals surface area contributed by atoms with Crippen molar-refractivity contribution >= 4 is 5.91 Å². The molecule has 0 unspecified atom stereocenters. The molecule has 0 atom stereocenters. The standard InChI is InChI=1S/C17H20F5NO/c1-15(5-7-16(2,19)8-6-15)10-23-14(24)11-3-4-13(18)12(9-11)17(20,21)22/h3-4,9H,5-8,10H2,1-2H3,(H,23,24). The topological polar surface area (TPSA) is 29.1 Å². The third kappa shape index (κ3) is 4.45. The summed E-state index contributed by atoms with van der Waals surface area (Å²) in [5.74, 6) is -2.11. The van der Waals surface area contributed by atoms with Gasteiger partial charge >= 0.3 is 6.18 Å². The van der Waals surface area contributed by atoms with Gasteiger partial charge in [0.05, 0.1) is 5.56 Å². The van der Waals surface area contributed by atoms with Crippen molar-refractivity contribution in [2.45, 2.75) is 51.4 Å². The zero-order valence-electron chi connectivity index (χ0n) is 13.6. The van der Waals surface area contributed by atoms with Crippen LogP contribution < -0.4 is 5.32 Å². The second-order valence-corrected chi connectivity index (χ2v) is 7.10. The Morgan fingerprint density at radius 2 is 1.75 bits per heavy atom. The lowest BCUT2D eigenvalue weighted by molar-refractivity contribution is -0.140. The third-order valence-electron chi connectivity index (χ3n) is 4.71. The van der Waals surface area contributed by atoms with Gasteiger partial charge in [0.25, 0.3) is 5.91 Å². The SMILES string of the molecule is CC1(F)CCC(C)(CNC(=O)c2ccc(F)c(C(F)(F)F)c2)CC1. The molecule has 2 nitrogen and oxygen atoms in total. The number of hydrogen-bond donors (Lipinski definition) is 1. The molecule has 2 rings (SSSR count). The maximum absolute atomic E-state index is 13.8. The quantitative estimate of drug-likeness (QED) is 0.774. The van der Waals surface area contributed by atoms with Gasteiger partial charge in [-0.25, -0.2) is 8.78 Å². The molecule has 0 bridgehead atoms. The molecule has 0 radical (unpaired) electrons. The molecular weight excluding hydrogens is 329 g/mol. The first-order chi connectivity index (χ1) is 10.9. The van der Waals surface area contributed by atoms with Gasteiger partial charge in [-0.05, 0) is 56.2 Å². The van der Waals surface area contributed by atoms with Crippen LogP contribution in [-0.4, -0.2) is 18.1 Å². The molecule has 7 heteroatoms. The molecule has 0 heterocycles. The lowest BCUT2D eigenvalue weighted by Gasteiger charge is -2.39. The summed E-state index contributed by atoms with van der Waals surface area (Å²) in [5, 5.41) is 2.58. The van der Waals surface area contributed by atoms with E-state index >= 15 is 0 Å². The first kappa shape index (κ1) is 18.7. The molecule has 0 aliphatic heterocycles. The second-order valence-electron chi connectivity index (χ2n) is 7.10. The van der Waals surface area contributed by atoms with Gasteiger partial charge in [0.15, 0.2) is 0 Å².